The Labute approximate surface area is 155 Å². The lowest BCUT2D eigenvalue weighted by atomic mass is 10.1. The first-order valence-corrected chi connectivity index (χ1v) is 9.25. The van der Waals surface area contributed by atoms with Crippen LogP contribution >= 0.6 is 11.8 Å². The van der Waals surface area contributed by atoms with Crippen LogP contribution in [0.25, 0.3) is 11.0 Å². The van der Waals surface area contributed by atoms with E-state index in [1.54, 1.807) is 35.1 Å². The van der Waals surface area contributed by atoms with Gasteiger partial charge in [0.25, 0.3) is 0 Å². The van der Waals surface area contributed by atoms with Gasteiger partial charge in [-0.2, -0.15) is 5.10 Å². The Kier molecular flexibility index (Phi) is 5.62. The highest BCUT2D eigenvalue weighted by atomic mass is 32.2. The van der Waals surface area contributed by atoms with Crippen molar-refractivity contribution in [1.29, 1.82) is 0 Å². The van der Waals surface area contributed by atoms with Crippen molar-refractivity contribution in [1.82, 2.24) is 19.7 Å². The van der Waals surface area contributed by atoms with Gasteiger partial charge in [-0.3, -0.25) is 14.3 Å². The number of ketones is 1. The summed E-state index contributed by atoms with van der Waals surface area (Å²) in [5, 5.41) is 8.55. The minimum Gasteiger partial charge on any atom is -0.326 e. The second kappa shape index (κ2) is 8.09. The average Bonchev–Trinajstić information content (AvgIpc) is 3.02. The first-order valence-electron chi connectivity index (χ1n) is 8.27. The molecule has 0 saturated carbocycles. The van der Waals surface area contributed by atoms with Crippen LogP contribution in [-0.4, -0.2) is 37.2 Å². The Morgan fingerprint density at radius 1 is 1.19 bits per heavy atom. The molecule has 0 aliphatic heterocycles. The van der Waals surface area contributed by atoms with Gasteiger partial charge in [0.1, 0.15) is 11.4 Å². The molecule has 0 unspecified atom stereocenters. The highest BCUT2D eigenvalue weighted by molar-refractivity contribution is 8.00. The first-order chi connectivity index (χ1) is 12.6. The number of nitrogens with zero attached hydrogens (tertiary/aromatic N) is 4. The molecule has 134 valence electrons. The molecule has 0 saturated heterocycles. The highest BCUT2D eigenvalue weighted by Crippen LogP contribution is 2.24. The van der Waals surface area contributed by atoms with Gasteiger partial charge in [0.2, 0.25) is 5.91 Å². The van der Waals surface area contributed by atoms with Crippen LogP contribution in [0, 0.1) is 0 Å². The maximum atomic E-state index is 12.4. The number of thioether (sulfide) groups is 1. The summed E-state index contributed by atoms with van der Waals surface area (Å²) >= 11 is 1.36. The minimum absolute atomic E-state index is 0.00270. The number of aryl methyl sites for hydroxylation is 1. The fourth-order valence-corrected chi connectivity index (χ4v) is 3.32. The van der Waals surface area contributed by atoms with Crippen molar-refractivity contribution in [3.8, 4) is 0 Å². The van der Waals surface area contributed by atoms with E-state index in [4.69, 9.17) is 0 Å². The quantitative estimate of drug-likeness (QED) is 0.391. The number of carbonyl (C=O) groups is 2. The minimum atomic E-state index is -0.0219. The molecule has 1 N–H and O–H groups in total. The van der Waals surface area contributed by atoms with Crippen molar-refractivity contribution in [2.24, 2.45) is 7.05 Å². The Balaban J connectivity index is 1.63. The number of rotatable bonds is 7. The summed E-state index contributed by atoms with van der Waals surface area (Å²) in [4.78, 5) is 32.5. The zero-order valence-electron chi connectivity index (χ0n) is 14.6. The molecule has 8 heteroatoms. The van der Waals surface area contributed by atoms with Crippen LogP contribution in [0.4, 0.5) is 5.69 Å². The molecule has 26 heavy (non-hydrogen) atoms. The number of Topliss-reactive ketones (excluding diaryl/α,β-unsaturated/α-hetero) is 1. The van der Waals surface area contributed by atoms with Crippen LogP contribution in [0.3, 0.4) is 0 Å². The number of anilines is 1. The highest BCUT2D eigenvalue weighted by Gasteiger charge is 2.12. The molecule has 0 atom stereocenters. The molecular formula is C18H19N5O2S. The summed E-state index contributed by atoms with van der Waals surface area (Å²) in [5.74, 6) is 0.242. The van der Waals surface area contributed by atoms with Crippen molar-refractivity contribution in [3.05, 3.63) is 42.4 Å². The van der Waals surface area contributed by atoms with Gasteiger partial charge >= 0.3 is 0 Å². The van der Waals surface area contributed by atoms with E-state index in [0.717, 1.165) is 22.5 Å². The number of amides is 1. The molecule has 3 rings (SSSR count). The Bertz CT molecular complexity index is 936. The summed E-state index contributed by atoms with van der Waals surface area (Å²) < 4.78 is 1.68. The van der Waals surface area contributed by atoms with Crippen molar-refractivity contribution in [2.45, 2.75) is 24.8 Å². The van der Waals surface area contributed by atoms with Gasteiger partial charge in [-0.05, 0) is 30.7 Å². The van der Waals surface area contributed by atoms with Gasteiger partial charge in [-0.25, -0.2) is 9.97 Å². The van der Waals surface area contributed by atoms with E-state index in [9.17, 15) is 9.59 Å². The van der Waals surface area contributed by atoms with Gasteiger partial charge < -0.3 is 5.32 Å². The Morgan fingerprint density at radius 3 is 2.69 bits per heavy atom. The summed E-state index contributed by atoms with van der Waals surface area (Å²) in [6, 6.07) is 6.94. The normalized spacial score (nSPS) is 10.8. The van der Waals surface area contributed by atoms with E-state index in [0.29, 0.717) is 17.7 Å². The predicted molar refractivity (Wildman–Crippen MR) is 101 cm³/mol. The fraction of sp³-hybridized carbons (Fsp3) is 0.278. The van der Waals surface area contributed by atoms with Crippen LogP contribution in [0.15, 0.2) is 41.8 Å². The zero-order chi connectivity index (χ0) is 18.5. The summed E-state index contributed by atoms with van der Waals surface area (Å²) in [6.45, 7) is 1.95. The van der Waals surface area contributed by atoms with Gasteiger partial charge in [0, 0.05) is 24.7 Å². The van der Waals surface area contributed by atoms with Crippen molar-refractivity contribution < 1.29 is 9.59 Å². The lowest BCUT2D eigenvalue weighted by Gasteiger charge is -2.06. The Morgan fingerprint density at radius 2 is 1.96 bits per heavy atom. The average molecular weight is 369 g/mol. The van der Waals surface area contributed by atoms with E-state index >= 15 is 0 Å². The molecule has 2 aromatic heterocycles. The molecule has 0 spiro atoms. The summed E-state index contributed by atoms with van der Waals surface area (Å²) in [6.07, 6.45) is 4.46. The molecule has 0 bridgehead atoms. The molecule has 7 nitrogen and oxygen atoms in total. The van der Waals surface area contributed by atoms with Gasteiger partial charge in [0.05, 0.1) is 17.3 Å². The van der Waals surface area contributed by atoms with Crippen LogP contribution in [0.1, 0.15) is 30.1 Å². The van der Waals surface area contributed by atoms with Crippen LogP contribution < -0.4 is 5.32 Å². The standard InChI is InChI=1S/C18H19N5O2S/c1-3-4-16(25)22-13-7-5-12(6-8-13)15(24)10-26-18-14-9-21-23(2)17(14)19-11-20-18/h5-9,11H,3-4,10H2,1-2H3,(H,22,25). The number of benzene rings is 1. The van der Waals surface area contributed by atoms with E-state index < -0.39 is 0 Å². The molecular weight excluding hydrogens is 350 g/mol. The second-order valence-corrected chi connectivity index (χ2v) is 6.74. The van der Waals surface area contributed by atoms with Gasteiger partial charge in [-0.1, -0.05) is 18.7 Å². The largest absolute Gasteiger partial charge is 0.326 e. The van der Waals surface area contributed by atoms with E-state index in [1.807, 2.05) is 14.0 Å². The molecule has 0 radical (unpaired) electrons. The number of aromatic nitrogens is 4. The fourth-order valence-electron chi connectivity index (χ4n) is 2.46. The van der Waals surface area contributed by atoms with Crippen LogP contribution in [-0.2, 0) is 11.8 Å². The lowest BCUT2D eigenvalue weighted by Crippen LogP contribution is -2.10. The van der Waals surface area contributed by atoms with Crippen molar-refractivity contribution in [3.63, 3.8) is 0 Å². The van der Waals surface area contributed by atoms with E-state index in [1.165, 1.54) is 18.1 Å². The topological polar surface area (TPSA) is 89.8 Å². The molecule has 1 amide bonds. The predicted octanol–water partition coefficient (Wildman–Crippen LogP) is 3.08. The number of nitrogens with one attached hydrogen (secondary N) is 1. The van der Waals surface area contributed by atoms with Gasteiger partial charge in [0.15, 0.2) is 11.4 Å². The number of fused-ring (bicyclic) bond motifs is 1. The third-order valence-corrected chi connectivity index (χ3v) is 4.81. The van der Waals surface area contributed by atoms with Crippen molar-refractivity contribution in [2.75, 3.05) is 11.1 Å². The molecule has 0 aliphatic rings. The summed E-state index contributed by atoms with van der Waals surface area (Å²) in [5.41, 5.74) is 2.03. The second-order valence-electron chi connectivity index (χ2n) is 5.77. The third-order valence-electron chi connectivity index (χ3n) is 3.80. The smallest absolute Gasteiger partial charge is 0.224 e. The molecule has 0 fully saturated rings. The van der Waals surface area contributed by atoms with E-state index in [-0.39, 0.29) is 17.4 Å². The summed E-state index contributed by atoms with van der Waals surface area (Å²) in [7, 11) is 1.82. The maximum Gasteiger partial charge on any atom is 0.224 e. The number of hydrogen-bond donors (Lipinski definition) is 1. The number of carbonyl (C=O) groups excluding carboxylic acids is 2. The van der Waals surface area contributed by atoms with Gasteiger partial charge in [-0.15, -0.1) is 0 Å². The van der Waals surface area contributed by atoms with Crippen LogP contribution in [0.2, 0.25) is 0 Å². The zero-order valence-corrected chi connectivity index (χ0v) is 15.4. The number of hydrogen-bond acceptors (Lipinski definition) is 6. The Hall–Kier alpha value is -2.74. The SMILES string of the molecule is CCCC(=O)Nc1ccc(C(=O)CSc2ncnc3c2cnn3C)cc1. The molecule has 0 aliphatic carbocycles. The lowest BCUT2D eigenvalue weighted by molar-refractivity contribution is -0.116. The monoisotopic (exact) mass is 369 g/mol. The maximum absolute atomic E-state index is 12.4. The van der Waals surface area contributed by atoms with Crippen molar-refractivity contribution >= 4 is 40.2 Å². The molecule has 2 heterocycles. The first kappa shape index (κ1) is 18.1. The molecule has 1 aromatic carbocycles. The molecule has 3 aromatic rings. The van der Waals surface area contributed by atoms with Crippen LogP contribution in [0.5, 0.6) is 0 Å². The third kappa shape index (κ3) is 4.08. The van der Waals surface area contributed by atoms with E-state index in [2.05, 4.69) is 20.4 Å².